The first kappa shape index (κ1) is 23.3. The van der Waals surface area contributed by atoms with Gasteiger partial charge in [0.1, 0.15) is 5.82 Å². The summed E-state index contributed by atoms with van der Waals surface area (Å²) in [6.45, 7) is 4.80. The summed E-state index contributed by atoms with van der Waals surface area (Å²) < 4.78 is 36.2. The molecule has 1 aliphatic carbocycles. The van der Waals surface area contributed by atoms with Crippen LogP contribution >= 0.6 is 0 Å². The molecule has 174 valence electrons. The minimum Gasteiger partial charge on any atom is -0.377 e. The summed E-state index contributed by atoms with van der Waals surface area (Å²) in [5, 5.41) is 0. The lowest BCUT2D eigenvalue weighted by atomic mass is 9.75. The minimum absolute atomic E-state index is 0.0885. The number of ether oxygens (including phenoxy) is 1. The summed E-state index contributed by atoms with van der Waals surface area (Å²) in [5.74, 6) is 0.578. The van der Waals surface area contributed by atoms with Crippen LogP contribution in [-0.4, -0.2) is 22.7 Å². The van der Waals surface area contributed by atoms with E-state index in [2.05, 4.69) is 23.8 Å². The topological polar surface area (TPSA) is 35.0 Å². The molecule has 1 aromatic heterocycles. The van der Waals surface area contributed by atoms with Crippen molar-refractivity contribution >= 4 is 0 Å². The van der Waals surface area contributed by atoms with Gasteiger partial charge in [0.05, 0.1) is 12.7 Å². The van der Waals surface area contributed by atoms with E-state index in [9.17, 15) is 4.39 Å². The standard InChI is InChI=1S/C27H36F2N2O/c1-3-5-18-7-9-19(10-8-18)24-14-11-20(17-32-24)22-12-13-23(27(29)26(22)28)21-15-30-25(6-4-2)31-16-21/h12-13,15-16,18-20,24H,3-11,14,17H2,1-2H3. The molecule has 2 atom stereocenters. The van der Waals surface area contributed by atoms with Gasteiger partial charge in [0, 0.05) is 35.9 Å². The molecule has 0 N–H and O–H groups in total. The van der Waals surface area contributed by atoms with E-state index < -0.39 is 11.6 Å². The number of benzene rings is 1. The highest BCUT2D eigenvalue weighted by molar-refractivity contribution is 5.63. The Balaban J connectivity index is 1.38. The molecule has 0 spiro atoms. The van der Waals surface area contributed by atoms with Crippen LogP contribution in [0, 0.1) is 23.5 Å². The van der Waals surface area contributed by atoms with Crippen LogP contribution in [0.1, 0.15) is 88.9 Å². The van der Waals surface area contributed by atoms with E-state index in [0.717, 1.165) is 37.4 Å². The van der Waals surface area contributed by atoms with Crippen LogP contribution in [0.15, 0.2) is 24.5 Å². The number of hydrogen-bond acceptors (Lipinski definition) is 3. The summed E-state index contributed by atoms with van der Waals surface area (Å²) in [6, 6.07) is 3.38. The Kier molecular flexibility index (Phi) is 7.88. The number of aryl methyl sites for hydroxylation is 1. The summed E-state index contributed by atoms with van der Waals surface area (Å²) in [6.07, 6.45) is 14.7. The first-order chi connectivity index (χ1) is 15.6. The predicted molar refractivity (Wildman–Crippen MR) is 123 cm³/mol. The van der Waals surface area contributed by atoms with Gasteiger partial charge < -0.3 is 4.74 Å². The number of rotatable bonds is 7. The van der Waals surface area contributed by atoms with Crippen LogP contribution in [0.25, 0.3) is 11.1 Å². The molecular weight excluding hydrogens is 406 g/mol. The third-order valence-corrected chi connectivity index (χ3v) is 7.47. The Morgan fingerprint density at radius 3 is 2.28 bits per heavy atom. The van der Waals surface area contributed by atoms with Crippen molar-refractivity contribution in [2.75, 3.05) is 6.61 Å². The summed E-state index contributed by atoms with van der Waals surface area (Å²) in [4.78, 5) is 8.55. The lowest BCUT2D eigenvalue weighted by molar-refractivity contribution is -0.0440. The molecule has 1 saturated heterocycles. The molecule has 2 aromatic rings. The van der Waals surface area contributed by atoms with Crippen LogP contribution < -0.4 is 0 Å². The van der Waals surface area contributed by atoms with Gasteiger partial charge in [-0.3, -0.25) is 0 Å². The van der Waals surface area contributed by atoms with Gasteiger partial charge in [0.25, 0.3) is 0 Å². The average molecular weight is 443 g/mol. The maximum absolute atomic E-state index is 15.0. The summed E-state index contributed by atoms with van der Waals surface area (Å²) in [5.41, 5.74) is 1.15. The number of aromatic nitrogens is 2. The van der Waals surface area contributed by atoms with Crippen LogP contribution in [-0.2, 0) is 11.2 Å². The predicted octanol–water partition coefficient (Wildman–Crippen LogP) is 7.24. The highest BCUT2D eigenvalue weighted by Gasteiger charge is 2.33. The van der Waals surface area contributed by atoms with Crippen molar-refractivity contribution in [3.63, 3.8) is 0 Å². The van der Waals surface area contributed by atoms with Crippen LogP contribution in [0.5, 0.6) is 0 Å². The largest absolute Gasteiger partial charge is 0.377 e. The van der Waals surface area contributed by atoms with E-state index in [0.29, 0.717) is 23.7 Å². The third-order valence-electron chi connectivity index (χ3n) is 7.47. The zero-order valence-corrected chi connectivity index (χ0v) is 19.5. The van der Waals surface area contributed by atoms with Crippen molar-refractivity contribution in [1.29, 1.82) is 0 Å². The van der Waals surface area contributed by atoms with Gasteiger partial charge in [-0.05, 0) is 49.5 Å². The fraction of sp³-hybridized carbons (Fsp3) is 0.630. The monoisotopic (exact) mass is 442 g/mol. The molecule has 1 aromatic carbocycles. The Hall–Kier alpha value is -1.88. The van der Waals surface area contributed by atoms with Gasteiger partial charge >= 0.3 is 0 Å². The normalized spacial score (nSPS) is 26.2. The van der Waals surface area contributed by atoms with E-state index in [1.54, 1.807) is 24.5 Å². The molecule has 2 aliphatic rings. The number of nitrogens with zero attached hydrogens (tertiary/aromatic N) is 2. The lowest BCUT2D eigenvalue weighted by Gasteiger charge is -2.38. The van der Waals surface area contributed by atoms with Crippen molar-refractivity contribution in [1.82, 2.24) is 9.97 Å². The molecule has 1 saturated carbocycles. The summed E-state index contributed by atoms with van der Waals surface area (Å²) in [7, 11) is 0. The molecule has 3 nitrogen and oxygen atoms in total. The van der Waals surface area contributed by atoms with Gasteiger partial charge in [0.2, 0.25) is 0 Å². The first-order valence-corrected chi connectivity index (χ1v) is 12.5. The average Bonchev–Trinajstić information content (AvgIpc) is 2.83. The molecule has 2 unspecified atom stereocenters. The number of hydrogen-bond donors (Lipinski definition) is 0. The quantitative estimate of drug-likeness (QED) is 0.453. The van der Waals surface area contributed by atoms with Crippen molar-refractivity contribution < 1.29 is 13.5 Å². The molecule has 1 aliphatic heterocycles. The maximum Gasteiger partial charge on any atom is 0.167 e. The number of halogens is 2. The Bertz CT molecular complexity index is 870. The zero-order chi connectivity index (χ0) is 22.5. The maximum atomic E-state index is 15.0. The molecule has 0 radical (unpaired) electrons. The second-order valence-electron chi connectivity index (χ2n) is 9.68. The van der Waals surface area contributed by atoms with Crippen LogP contribution in [0.2, 0.25) is 0 Å². The Labute approximate surface area is 191 Å². The Morgan fingerprint density at radius 1 is 0.906 bits per heavy atom. The van der Waals surface area contributed by atoms with Crippen LogP contribution in [0.4, 0.5) is 8.78 Å². The van der Waals surface area contributed by atoms with Gasteiger partial charge in [-0.15, -0.1) is 0 Å². The van der Waals surface area contributed by atoms with Crippen LogP contribution in [0.3, 0.4) is 0 Å². The van der Waals surface area contributed by atoms with E-state index in [1.165, 1.54) is 38.5 Å². The molecule has 0 bridgehead atoms. The summed E-state index contributed by atoms with van der Waals surface area (Å²) >= 11 is 0. The third kappa shape index (κ3) is 5.19. The van der Waals surface area contributed by atoms with Gasteiger partial charge in [-0.25, -0.2) is 18.7 Å². The smallest absolute Gasteiger partial charge is 0.167 e. The molecule has 5 heteroatoms. The highest BCUT2D eigenvalue weighted by Crippen LogP contribution is 2.40. The zero-order valence-electron chi connectivity index (χ0n) is 19.5. The van der Waals surface area contributed by atoms with E-state index in [4.69, 9.17) is 4.74 Å². The van der Waals surface area contributed by atoms with E-state index in [-0.39, 0.29) is 17.6 Å². The van der Waals surface area contributed by atoms with E-state index in [1.807, 2.05) is 0 Å². The molecule has 32 heavy (non-hydrogen) atoms. The molecule has 2 fully saturated rings. The van der Waals surface area contributed by atoms with Crippen molar-refractivity contribution in [3.05, 3.63) is 47.5 Å². The van der Waals surface area contributed by atoms with E-state index >= 15 is 4.39 Å². The SMILES string of the molecule is CCCc1ncc(-c2ccc(C3CCC(C4CCC(CCC)CC4)OC3)c(F)c2F)cn1. The molecule has 2 heterocycles. The van der Waals surface area contributed by atoms with Gasteiger partial charge in [0.15, 0.2) is 11.6 Å². The fourth-order valence-corrected chi connectivity index (χ4v) is 5.60. The molecular formula is C27H36F2N2O. The Morgan fingerprint density at radius 2 is 1.66 bits per heavy atom. The van der Waals surface area contributed by atoms with Gasteiger partial charge in [-0.2, -0.15) is 0 Å². The molecule has 4 rings (SSSR count). The second-order valence-corrected chi connectivity index (χ2v) is 9.68. The minimum atomic E-state index is -0.814. The second kappa shape index (κ2) is 10.8. The van der Waals surface area contributed by atoms with Crippen molar-refractivity contribution in [2.24, 2.45) is 11.8 Å². The highest BCUT2D eigenvalue weighted by atomic mass is 19.2. The first-order valence-electron chi connectivity index (χ1n) is 12.5. The lowest BCUT2D eigenvalue weighted by Crippen LogP contribution is -2.33. The van der Waals surface area contributed by atoms with Crippen molar-refractivity contribution in [2.45, 2.75) is 90.1 Å². The van der Waals surface area contributed by atoms with Crippen molar-refractivity contribution in [3.8, 4) is 11.1 Å². The molecule has 0 amide bonds. The van der Waals surface area contributed by atoms with Gasteiger partial charge in [-0.1, -0.05) is 51.7 Å². The fourth-order valence-electron chi connectivity index (χ4n) is 5.60.